The van der Waals surface area contributed by atoms with Crippen LogP contribution in [-0.4, -0.2) is 14.6 Å². The van der Waals surface area contributed by atoms with Crippen LogP contribution >= 0.6 is 0 Å². The summed E-state index contributed by atoms with van der Waals surface area (Å²) in [5.41, 5.74) is 3.38. The van der Waals surface area contributed by atoms with Gasteiger partial charge in [-0.3, -0.25) is 0 Å². The minimum absolute atomic E-state index is 0.0997. The Labute approximate surface area is 83.8 Å². The van der Waals surface area contributed by atoms with Crippen LogP contribution in [0.4, 0.5) is 0 Å². The molecule has 0 aliphatic heterocycles. The van der Waals surface area contributed by atoms with Crippen molar-refractivity contribution in [2.24, 2.45) is 0 Å². The Kier molecular flexibility index (Phi) is 1.84. The third-order valence-corrected chi connectivity index (χ3v) is 2.40. The molecule has 2 aromatic heterocycles. The maximum atomic E-state index is 4.37. The lowest BCUT2D eigenvalue weighted by Gasteiger charge is -2.15. The third kappa shape index (κ3) is 1.29. The first-order valence-corrected chi connectivity index (χ1v) is 4.80. The molecule has 0 spiro atoms. The van der Waals surface area contributed by atoms with Crippen LogP contribution in [0.2, 0.25) is 0 Å². The van der Waals surface area contributed by atoms with Crippen LogP contribution in [0.25, 0.3) is 5.65 Å². The number of fused-ring (bicyclic) bond motifs is 1. The summed E-state index contributed by atoms with van der Waals surface area (Å²) in [6.45, 7) is 8.56. The summed E-state index contributed by atoms with van der Waals surface area (Å²) < 4.78 is 1.89. The Balaban J connectivity index is 2.76. The molecular formula is C11H15N3. The molecule has 0 saturated heterocycles. The van der Waals surface area contributed by atoms with E-state index in [0.29, 0.717) is 0 Å². The molecule has 0 amide bonds. The molecule has 14 heavy (non-hydrogen) atoms. The quantitative estimate of drug-likeness (QED) is 0.636. The molecule has 0 atom stereocenters. The van der Waals surface area contributed by atoms with Crippen molar-refractivity contribution in [3.63, 3.8) is 0 Å². The fraction of sp³-hybridized carbons (Fsp3) is 0.455. The van der Waals surface area contributed by atoms with E-state index in [-0.39, 0.29) is 5.41 Å². The minimum Gasteiger partial charge on any atom is -0.237 e. The summed E-state index contributed by atoms with van der Waals surface area (Å²) in [4.78, 5) is 4.37. The second kappa shape index (κ2) is 2.80. The number of rotatable bonds is 0. The van der Waals surface area contributed by atoms with E-state index >= 15 is 0 Å². The van der Waals surface area contributed by atoms with Crippen LogP contribution < -0.4 is 0 Å². The fourth-order valence-electron chi connectivity index (χ4n) is 1.54. The van der Waals surface area contributed by atoms with Gasteiger partial charge in [0.15, 0.2) is 5.65 Å². The number of hydrogen-bond acceptors (Lipinski definition) is 2. The molecule has 2 rings (SSSR count). The number of hydrogen-bond donors (Lipinski definition) is 0. The average Bonchev–Trinajstić information content (AvgIpc) is 2.47. The summed E-state index contributed by atoms with van der Waals surface area (Å²) >= 11 is 0. The van der Waals surface area contributed by atoms with Crippen LogP contribution in [0.3, 0.4) is 0 Å². The standard InChI is InChI=1S/C11H15N3/c1-8-5-6-12-10-9(11(2,3)4)7-13-14(8)10/h5-7H,1-4H3. The molecule has 0 aliphatic carbocycles. The fourth-order valence-corrected chi connectivity index (χ4v) is 1.54. The normalized spacial score (nSPS) is 12.3. The Hall–Kier alpha value is -1.38. The van der Waals surface area contributed by atoms with Crippen molar-refractivity contribution in [2.45, 2.75) is 33.1 Å². The Bertz CT molecular complexity index is 463. The second-order valence-electron chi connectivity index (χ2n) is 4.63. The predicted molar refractivity (Wildman–Crippen MR) is 56.4 cm³/mol. The molecule has 0 fully saturated rings. The first-order chi connectivity index (χ1) is 6.50. The van der Waals surface area contributed by atoms with Gasteiger partial charge < -0.3 is 0 Å². The third-order valence-electron chi connectivity index (χ3n) is 2.40. The summed E-state index contributed by atoms with van der Waals surface area (Å²) in [5.74, 6) is 0. The van der Waals surface area contributed by atoms with Crippen LogP contribution in [0, 0.1) is 6.92 Å². The van der Waals surface area contributed by atoms with Crippen molar-refractivity contribution in [1.29, 1.82) is 0 Å². The highest BCUT2D eigenvalue weighted by Crippen LogP contribution is 2.25. The van der Waals surface area contributed by atoms with E-state index in [4.69, 9.17) is 0 Å². The summed E-state index contributed by atoms with van der Waals surface area (Å²) in [6.07, 6.45) is 3.75. The van der Waals surface area contributed by atoms with Gasteiger partial charge in [-0.1, -0.05) is 20.8 Å². The number of aromatic nitrogens is 3. The zero-order valence-corrected chi connectivity index (χ0v) is 9.07. The van der Waals surface area contributed by atoms with Gasteiger partial charge in [0.1, 0.15) is 0 Å². The van der Waals surface area contributed by atoms with Gasteiger partial charge in [-0.25, -0.2) is 9.50 Å². The van der Waals surface area contributed by atoms with E-state index in [1.54, 1.807) is 0 Å². The Morgan fingerprint density at radius 1 is 1.29 bits per heavy atom. The lowest BCUT2D eigenvalue weighted by atomic mass is 9.89. The van der Waals surface area contributed by atoms with Gasteiger partial charge >= 0.3 is 0 Å². The van der Waals surface area contributed by atoms with E-state index in [1.807, 2.05) is 29.9 Å². The van der Waals surface area contributed by atoms with Crippen molar-refractivity contribution < 1.29 is 0 Å². The van der Waals surface area contributed by atoms with Crippen LogP contribution in [0.5, 0.6) is 0 Å². The number of aryl methyl sites for hydroxylation is 1. The van der Waals surface area contributed by atoms with E-state index in [0.717, 1.165) is 11.3 Å². The Morgan fingerprint density at radius 2 is 2.00 bits per heavy atom. The summed E-state index contributed by atoms with van der Waals surface area (Å²) in [5, 5.41) is 4.34. The molecule has 3 heteroatoms. The molecule has 74 valence electrons. The lowest BCUT2D eigenvalue weighted by molar-refractivity contribution is 0.594. The lowest BCUT2D eigenvalue weighted by Crippen LogP contribution is -2.11. The van der Waals surface area contributed by atoms with Crippen LogP contribution in [-0.2, 0) is 5.41 Å². The molecule has 0 radical (unpaired) electrons. The smallest absolute Gasteiger partial charge is 0.158 e. The van der Waals surface area contributed by atoms with E-state index < -0.39 is 0 Å². The van der Waals surface area contributed by atoms with Crippen molar-refractivity contribution in [2.75, 3.05) is 0 Å². The molecule has 0 unspecified atom stereocenters. The van der Waals surface area contributed by atoms with E-state index in [1.165, 1.54) is 5.56 Å². The average molecular weight is 189 g/mol. The van der Waals surface area contributed by atoms with Gasteiger partial charge in [0, 0.05) is 17.5 Å². The molecule has 2 aromatic rings. The summed E-state index contributed by atoms with van der Waals surface area (Å²) in [6, 6.07) is 1.96. The Morgan fingerprint density at radius 3 is 2.64 bits per heavy atom. The summed E-state index contributed by atoms with van der Waals surface area (Å²) in [7, 11) is 0. The predicted octanol–water partition coefficient (Wildman–Crippen LogP) is 2.34. The molecule has 0 bridgehead atoms. The second-order valence-corrected chi connectivity index (χ2v) is 4.63. The SMILES string of the molecule is Cc1ccnc2c(C(C)(C)C)cnn12. The van der Waals surface area contributed by atoms with E-state index in [2.05, 4.69) is 30.9 Å². The van der Waals surface area contributed by atoms with Crippen molar-refractivity contribution in [3.05, 3.63) is 29.7 Å². The highest BCUT2D eigenvalue weighted by atomic mass is 15.2. The molecule has 3 nitrogen and oxygen atoms in total. The maximum Gasteiger partial charge on any atom is 0.158 e. The molecular weight excluding hydrogens is 174 g/mol. The highest BCUT2D eigenvalue weighted by Gasteiger charge is 2.19. The zero-order valence-electron chi connectivity index (χ0n) is 9.07. The first kappa shape index (κ1) is 9.19. The van der Waals surface area contributed by atoms with Crippen LogP contribution in [0.15, 0.2) is 18.5 Å². The van der Waals surface area contributed by atoms with E-state index in [9.17, 15) is 0 Å². The van der Waals surface area contributed by atoms with Crippen molar-refractivity contribution in [1.82, 2.24) is 14.6 Å². The largest absolute Gasteiger partial charge is 0.237 e. The first-order valence-electron chi connectivity index (χ1n) is 4.80. The molecule has 0 aromatic carbocycles. The van der Waals surface area contributed by atoms with Gasteiger partial charge in [-0.05, 0) is 18.4 Å². The minimum atomic E-state index is 0.0997. The molecule has 0 aliphatic rings. The zero-order chi connectivity index (χ0) is 10.3. The van der Waals surface area contributed by atoms with Gasteiger partial charge in [0.05, 0.1) is 6.20 Å². The molecule has 0 N–H and O–H groups in total. The van der Waals surface area contributed by atoms with Gasteiger partial charge in [0.25, 0.3) is 0 Å². The van der Waals surface area contributed by atoms with Crippen molar-refractivity contribution in [3.8, 4) is 0 Å². The van der Waals surface area contributed by atoms with Crippen LogP contribution in [0.1, 0.15) is 32.0 Å². The van der Waals surface area contributed by atoms with Gasteiger partial charge in [0.2, 0.25) is 0 Å². The topological polar surface area (TPSA) is 30.2 Å². The highest BCUT2D eigenvalue weighted by molar-refractivity contribution is 5.50. The van der Waals surface area contributed by atoms with Crippen molar-refractivity contribution >= 4 is 5.65 Å². The maximum absolute atomic E-state index is 4.37. The van der Waals surface area contributed by atoms with Gasteiger partial charge in [-0.15, -0.1) is 0 Å². The van der Waals surface area contributed by atoms with Gasteiger partial charge in [-0.2, -0.15) is 5.10 Å². The molecule has 2 heterocycles. The monoisotopic (exact) mass is 189 g/mol. The number of nitrogens with zero attached hydrogens (tertiary/aromatic N) is 3. The molecule has 0 saturated carbocycles.